The number of guanidine groups is 1. The van der Waals surface area contributed by atoms with Crippen LogP contribution in [0.5, 0.6) is 0 Å². The first-order valence-electron chi connectivity index (χ1n) is 7.59. The number of aliphatic imine (C=N–C) groups is 1. The summed E-state index contributed by atoms with van der Waals surface area (Å²) in [5, 5.41) is 10.1. The van der Waals surface area contributed by atoms with Crippen molar-refractivity contribution in [2.24, 2.45) is 4.99 Å². The third kappa shape index (κ3) is 4.77. The van der Waals surface area contributed by atoms with Crippen LogP contribution in [0.2, 0.25) is 0 Å². The molecule has 0 aliphatic carbocycles. The van der Waals surface area contributed by atoms with Gasteiger partial charge in [0.05, 0.1) is 6.04 Å². The Balaban J connectivity index is 2.06. The van der Waals surface area contributed by atoms with Gasteiger partial charge in [-0.05, 0) is 44.9 Å². The molecule has 1 heterocycles. The predicted molar refractivity (Wildman–Crippen MR) is 86.5 cm³/mol. The third-order valence-electron chi connectivity index (χ3n) is 3.34. The highest BCUT2D eigenvalue weighted by Crippen LogP contribution is 2.16. The average molecular weight is 319 g/mol. The van der Waals surface area contributed by atoms with Crippen molar-refractivity contribution in [1.82, 2.24) is 20.8 Å². The summed E-state index contributed by atoms with van der Waals surface area (Å²) in [7, 11) is 0. The van der Waals surface area contributed by atoms with E-state index in [1.165, 1.54) is 6.07 Å². The summed E-state index contributed by atoms with van der Waals surface area (Å²) in [6.07, 6.45) is 0. The molecule has 1 aromatic heterocycles. The van der Waals surface area contributed by atoms with Gasteiger partial charge >= 0.3 is 0 Å². The minimum absolute atomic E-state index is 0.0904. The van der Waals surface area contributed by atoms with Crippen LogP contribution < -0.4 is 10.6 Å². The fourth-order valence-electron chi connectivity index (χ4n) is 2.04. The number of nitrogens with one attached hydrogen (secondary N) is 2. The van der Waals surface area contributed by atoms with Crippen LogP contribution in [0, 0.1) is 19.7 Å². The topological polar surface area (TPSA) is 75.3 Å². The van der Waals surface area contributed by atoms with Crippen LogP contribution in [0.4, 0.5) is 4.39 Å². The largest absolute Gasteiger partial charge is 0.357 e. The number of rotatable bonds is 5. The van der Waals surface area contributed by atoms with E-state index in [1.807, 2.05) is 19.9 Å². The van der Waals surface area contributed by atoms with E-state index in [0.29, 0.717) is 29.8 Å². The van der Waals surface area contributed by atoms with E-state index in [4.69, 9.17) is 4.52 Å². The monoisotopic (exact) mass is 319 g/mol. The smallest absolute Gasteiger partial charge is 0.248 e. The van der Waals surface area contributed by atoms with E-state index in [-0.39, 0.29) is 18.4 Å². The van der Waals surface area contributed by atoms with Gasteiger partial charge in [0.1, 0.15) is 12.4 Å². The number of nitrogens with zero attached hydrogens (tertiary/aromatic N) is 3. The molecule has 0 bridgehead atoms. The maximum atomic E-state index is 13.7. The first kappa shape index (κ1) is 16.9. The molecule has 0 saturated carbocycles. The Morgan fingerprint density at radius 2 is 2.17 bits per heavy atom. The minimum atomic E-state index is -0.209. The molecule has 2 N–H and O–H groups in total. The molecule has 124 valence electrons. The summed E-state index contributed by atoms with van der Waals surface area (Å²) in [6, 6.07) is 5.12. The zero-order chi connectivity index (χ0) is 16.8. The molecule has 7 heteroatoms. The lowest BCUT2D eigenvalue weighted by molar-refractivity contribution is 0.376. The van der Waals surface area contributed by atoms with Crippen molar-refractivity contribution in [2.75, 3.05) is 6.54 Å². The lowest BCUT2D eigenvalue weighted by Gasteiger charge is -2.18. The van der Waals surface area contributed by atoms with E-state index in [0.717, 1.165) is 5.56 Å². The summed E-state index contributed by atoms with van der Waals surface area (Å²) in [6.45, 7) is 8.43. The fourth-order valence-corrected chi connectivity index (χ4v) is 2.04. The van der Waals surface area contributed by atoms with Gasteiger partial charge in [0.25, 0.3) is 0 Å². The molecule has 1 aromatic carbocycles. The molecule has 1 atom stereocenters. The van der Waals surface area contributed by atoms with Crippen molar-refractivity contribution in [3.8, 4) is 0 Å². The summed E-state index contributed by atoms with van der Waals surface area (Å²) in [5.74, 6) is 1.43. The van der Waals surface area contributed by atoms with Gasteiger partial charge in [-0.2, -0.15) is 4.98 Å². The van der Waals surface area contributed by atoms with E-state index in [2.05, 4.69) is 25.8 Å². The van der Waals surface area contributed by atoms with Crippen LogP contribution in [0.25, 0.3) is 0 Å². The lowest BCUT2D eigenvalue weighted by Crippen LogP contribution is -2.38. The number of hydrogen-bond acceptors (Lipinski definition) is 4. The molecular weight excluding hydrogens is 297 g/mol. The Kier molecular flexibility index (Phi) is 5.67. The first-order valence-corrected chi connectivity index (χ1v) is 7.59. The second-order valence-corrected chi connectivity index (χ2v) is 5.31. The molecule has 0 spiro atoms. The molecule has 0 amide bonds. The summed E-state index contributed by atoms with van der Waals surface area (Å²) in [5.41, 5.74) is 1.49. The van der Waals surface area contributed by atoms with Crippen LogP contribution in [-0.4, -0.2) is 22.6 Å². The van der Waals surface area contributed by atoms with E-state index in [9.17, 15) is 4.39 Å². The number of halogens is 1. The second-order valence-electron chi connectivity index (χ2n) is 5.31. The van der Waals surface area contributed by atoms with Crippen LogP contribution in [0.1, 0.15) is 42.7 Å². The predicted octanol–water partition coefficient (Wildman–Crippen LogP) is 2.64. The minimum Gasteiger partial charge on any atom is -0.357 e. The van der Waals surface area contributed by atoms with E-state index < -0.39 is 0 Å². The molecule has 2 aromatic rings. The zero-order valence-electron chi connectivity index (χ0n) is 13.9. The maximum Gasteiger partial charge on any atom is 0.248 e. The van der Waals surface area contributed by atoms with Gasteiger partial charge in [-0.25, -0.2) is 9.38 Å². The Morgan fingerprint density at radius 3 is 2.78 bits per heavy atom. The molecule has 0 radical (unpaired) electrons. The second kappa shape index (κ2) is 7.71. The van der Waals surface area contributed by atoms with Gasteiger partial charge in [0.15, 0.2) is 11.8 Å². The standard InChI is InChI=1S/C16H22FN5O/c1-5-18-16(19-9-15-21-12(4)22-23-15)20-11(3)13-7-6-10(2)14(17)8-13/h6-8,11H,5,9H2,1-4H3,(H2,18,19,20). The van der Waals surface area contributed by atoms with Gasteiger partial charge < -0.3 is 15.2 Å². The molecule has 23 heavy (non-hydrogen) atoms. The number of benzene rings is 1. The van der Waals surface area contributed by atoms with Crippen LogP contribution in [-0.2, 0) is 6.54 Å². The van der Waals surface area contributed by atoms with Crippen molar-refractivity contribution in [3.63, 3.8) is 0 Å². The SMILES string of the molecule is CCNC(=NCc1nc(C)no1)NC(C)c1ccc(C)c(F)c1. The fraction of sp³-hybridized carbons (Fsp3) is 0.438. The molecule has 1 unspecified atom stereocenters. The highest BCUT2D eigenvalue weighted by atomic mass is 19.1. The molecule has 2 rings (SSSR count). The highest BCUT2D eigenvalue weighted by molar-refractivity contribution is 5.80. The Bertz CT molecular complexity index is 683. The Morgan fingerprint density at radius 1 is 1.39 bits per heavy atom. The highest BCUT2D eigenvalue weighted by Gasteiger charge is 2.10. The van der Waals surface area contributed by atoms with Crippen molar-refractivity contribution < 1.29 is 8.91 Å². The first-order chi connectivity index (χ1) is 11.0. The van der Waals surface area contributed by atoms with Crippen LogP contribution in [0.3, 0.4) is 0 Å². The number of hydrogen-bond donors (Lipinski definition) is 2. The van der Waals surface area contributed by atoms with Crippen LogP contribution in [0.15, 0.2) is 27.7 Å². The summed E-state index contributed by atoms with van der Waals surface area (Å²) >= 11 is 0. The van der Waals surface area contributed by atoms with Crippen molar-refractivity contribution in [2.45, 2.75) is 40.3 Å². The molecule has 0 aliphatic heterocycles. The molecule has 6 nitrogen and oxygen atoms in total. The van der Waals surface area contributed by atoms with Gasteiger partial charge in [0.2, 0.25) is 5.89 Å². The molecular formula is C16H22FN5O. The Hall–Kier alpha value is -2.44. The van der Waals surface area contributed by atoms with Gasteiger partial charge in [0, 0.05) is 6.54 Å². The summed E-state index contributed by atoms with van der Waals surface area (Å²) in [4.78, 5) is 8.52. The van der Waals surface area contributed by atoms with Crippen molar-refractivity contribution in [1.29, 1.82) is 0 Å². The molecule has 0 aliphatic rings. The maximum absolute atomic E-state index is 13.7. The van der Waals surface area contributed by atoms with E-state index >= 15 is 0 Å². The van der Waals surface area contributed by atoms with Crippen LogP contribution >= 0.6 is 0 Å². The molecule has 0 saturated heterocycles. The number of aryl methyl sites for hydroxylation is 2. The molecule has 0 fully saturated rings. The van der Waals surface area contributed by atoms with Gasteiger partial charge in [-0.1, -0.05) is 17.3 Å². The quantitative estimate of drug-likeness (QED) is 0.654. The number of aromatic nitrogens is 2. The Labute approximate surface area is 135 Å². The zero-order valence-corrected chi connectivity index (χ0v) is 13.9. The van der Waals surface area contributed by atoms with Crippen molar-refractivity contribution in [3.05, 3.63) is 46.9 Å². The third-order valence-corrected chi connectivity index (χ3v) is 3.34. The van der Waals surface area contributed by atoms with E-state index in [1.54, 1.807) is 19.9 Å². The lowest BCUT2D eigenvalue weighted by atomic mass is 10.1. The normalized spacial score (nSPS) is 13.0. The van der Waals surface area contributed by atoms with Gasteiger partial charge in [-0.15, -0.1) is 0 Å². The average Bonchev–Trinajstić information content (AvgIpc) is 2.93. The van der Waals surface area contributed by atoms with Gasteiger partial charge in [-0.3, -0.25) is 0 Å². The van der Waals surface area contributed by atoms with Crippen molar-refractivity contribution >= 4 is 5.96 Å². The summed E-state index contributed by atoms with van der Waals surface area (Å²) < 4.78 is 18.7.